The van der Waals surface area contributed by atoms with Gasteiger partial charge in [-0.1, -0.05) is 0 Å². The fraction of sp³-hybridized carbons (Fsp3) is 0.667. The van der Waals surface area contributed by atoms with Gasteiger partial charge in [0.15, 0.2) is 3.92 Å². The lowest BCUT2D eigenvalue weighted by molar-refractivity contribution is 0.194. The number of nitrogens with zero attached hydrogens (tertiary/aromatic N) is 1. The maximum absolute atomic E-state index is 5.40. The lowest BCUT2D eigenvalue weighted by atomic mass is 10.1. The van der Waals surface area contributed by atoms with Crippen molar-refractivity contribution < 1.29 is 4.74 Å². The Morgan fingerprint density at radius 2 is 2.57 bits per heavy atom. The van der Waals surface area contributed by atoms with Crippen LogP contribution < -0.4 is 5.32 Å². The molecule has 1 atom stereocenters. The van der Waals surface area contributed by atoms with Gasteiger partial charge in [-0.2, -0.15) is 0 Å². The Hall–Kier alpha value is 0.0300. The Morgan fingerprint density at radius 3 is 3.21 bits per heavy atom. The van der Waals surface area contributed by atoms with E-state index in [0.29, 0.717) is 5.92 Å². The third-order valence-electron chi connectivity index (χ3n) is 2.35. The largest absolute Gasteiger partial charge is 0.381 e. The summed E-state index contributed by atoms with van der Waals surface area (Å²) >= 11 is 5.18. The van der Waals surface area contributed by atoms with Crippen LogP contribution in [0, 0.1) is 0 Å². The van der Waals surface area contributed by atoms with Gasteiger partial charge in [-0.3, -0.25) is 0 Å². The average Bonchev–Trinajstić information content (AvgIpc) is 2.74. The molecule has 14 heavy (non-hydrogen) atoms. The number of hydrogen-bond acceptors (Lipinski definition) is 4. The van der Waals surface area contributed by atoms with Crippen molar-refractivity contribution in [1.82, 2.24) is 10.3 Å². The molecule has 0 radical (unpaired) electrons. The van der Waals surface area contributed by atoms with Crippen molar-refractivity contribution in [3.63, 3.8) is 0 Å². The van der Waals surface area contributed by atoms with Crippen molar-refractivity contribution >= 4 is 27.3 Å². The number of thiazole rings is 1. The van der Waals surface area contributed by atoms with Gasteiger partial charge in [0.1, 0.15) is 0 Å². The van der Waals surface area contributed by atoms with Gasteiger partial charge < -0.3 is 10.1 Å². The second-order valence-corrected chi connectivity index (χ2v) is 5.68. The minimum Gasteiger partial charge on any atom is -0.381 e. The fourth-order valence-corrected chi connectivity index (χ4v) is 3.35. The molecule has 0 amide bonds. The van der Waals surface area contributed by atoms with Gasteiger partial charge in [-0.05, 0) is 29.4 Å². The zero-order chi connectivity index (χ0) is 9.97. The van der Waals surface area contributed by atoms with Gasteiger partial charge in [-0.15, -0.1) is 11.3 Å². The molecule has 1 N–H and O–H groups in total. The average molecular weight is 277 g/mol. The molecule has 0 bridgehead atoms. The first-order valence-electron chi connectivity index (χ1n) is 4.68. The summed E-state index contributed by atoms with van der Waals surface area (Å²) in [5.41, 5.74) is 1.17. The van der Waals surface area contributed by atoms with Gasteiger partial charge in [0.2, 0.25) is 0 Å². The minimum absolute atomic E-state index is 0.558. The van der Waals surface area contributed by atoms with Crippen LogP contribution in [0.1, 0.15) is 22.9 Å². The molecule has 1 aromatic rings. The predicted octanol–water partition coefficient (Wildman–Crippen LogP) is 2.13. The normalized spacial score (nSPS) is 21.7. The zero-order valence-electron chi connectivity index (χ0n) is 8.05. The van der Waals surface area contributed by atoms with E-state index in [1.54, 1.807) is 11.3 Å². The highest BCUT2D eigenvalue weighted by Crippen LogP contribution is 2.34. The standard InChI is InChI=1S/C9H13BrN2OS/c1-11-4-7-8(14-9(10)12-7)6-2-3-13-5-6/h6,11H,2-5H2,1H3. The van der Waals surface area contributed by atoms with Crippen molar-refractivity contribution in [2.24, 2.45) is 0 Å². The lowest BCUT2D eigenvalue weighted by Crippen LogP contribution is -2.09. The summed E-state index contributed by atoms with van der Waals surface area (Å²) in [5, 5.41) is 3.14. The molecule has 0 aromatic carbocycles. The van der Waals surface area contributed by atoms with Gasteiger partial charge in [0.05, 0.1) is 12.3 Å². The maximum atomic E-state index is 5.40. The zero-order valence-corrected chi connectivity index (χ0v) is 10.4. The van der Waals surface area contributed by atoms with Gasteiger partial charge in [-0.25, -0.2) is 4.98 Å². The van der Waals surface area contributed by atoms with Crippen LogP contribution in [-0.4, -0.2) is 25.2 Å². The first-order valence-corrected chi connectivity index (χ1v) is 6.29. The van der Waals surface area contributed by atoms with E-state index < -0.39 is 0 Å². The topological polar surface area (TPSA) is 34.2 Å². The van der Waals surface area contributed by atoms with Gasteiger partial charge in [0, 0.05) is 23.9 Å². The number of hydrogen-bond donors (Lipinski definition) is 1. The molecule has 3 nitrogen and oxygen atoms in total. The molecule has 5 heteroatoms. The Kier molecular flexibility index (Phi) is 3.54. The summed E-state index contributed by atoms with van der Waals surface area (Å²) in [7, 11) is 1.95. The Bertz CT molecular complexity index is 310. The van der Waals surface area contributed by atoms with Crippen molar-refractivity contribution in [2.75, 3.05) is 20.3 Å². The molecule has 2 rings (SSSR count). The van der Waals surface area contributed by atoms with E-state index >= 15 is 0 Å². The molecule has 2 heterocycles. The van der Waals surface area contributed by atoms with Crippen LogP contribution in [0.25, 0.3) is 0 Å². The molecule has 0 spiro atoms. The van der Waals surface area contributed by atoms with Gasteiger partial charge in [0.25, 0.3) is 0 Å². The number of rotatable bonds is 3. The van der Waals surface area contributed by atoms with Crippen LogP contribution in [0.5, 0.6) is 0 Å². The monoisotopic (exact) mass is 276 g/mol. The van der Waals surface area contributed by atoms with Crippen molar-refractivity contribution in [1.29, 1.82) is 0 Å². The second kappa shape index (κ2) is 4.70. The highest BCUT2D eigenvalue weighted by molar-refractivity contribution is 9.11. The molecule has 0 saturated carbocycles. The third-order valence-corrected chi connectivity index (χ3v) is 4.06. The van der Waals surface area contributed by atoms with E-state index in [1.807, 2.05) is 7.05 Å². The molecule has 0 aliphatic carbocycles. The van der Waals surface area contributed by atoms with Gasteiger partial charge >= 0.3 is 0 Å². The smallest absolute Gasteiger partial charge is 0.159 e. The molecule has 78 valence electrons. The molecule has 1 aliphatic heterocycles. The summed E-state index contributed by atoms with van der Waals surface area (Å²) in [6.45, 7) is 2.58. The van der Waals surface area contributed by atoms with Crippen LogP contribution >= 0.6 is 27.3 Å². The van der Waals surface area contributed by atoms with E-state index in [1.165, 1.54) is 10.6 Å². The molecule has 1 fully saturated rings. The molecule has 1 aliphatic rings. The maximum Gasteiger partial charge on any atom is 0.159 e. The summed E-state index contributed by atoms with van der Waals surface area (Å²) in [5.74, 6) is 0.558. The van der Waals surface area contributed by atoms with E-state index in [9.17, 15) is 0 Å². The van der Waals surface area contributed by atoms with Crippen molar-refractivity contribution in [3.8, 4) is 0 Å². The molecule has 1 aromatic heterocycles. The number of halogens is 1. The predicted molar refractivity (Wildman–Crippen MR) is 60.8 cm³/mol. The highest BCUT2D eigenvalue weighted by Gasteiger charge is 2.23. The van der Waals surface area contributed by atoms with E-state index in [0.717, 1.165) is 30.1 Å². The summed E-state index contributed by atoms with van der Waals surface area (Å²) in [6.07, 6.45) is 1.13. The first kappa shape index (κ1) is 10.5. The number of ether oxygens (including phenoxy) is 1. The van der Waals surface area contributed by atoms with Crippen LogP contribution in [0.3, 0.4) is 0 Å². The Labute approximate surface area is 96.0 Å². The number of aromatic nitrogens is 1. The Morgan fingerprint density at radius 1 is 1.71 bits per heavy atom. The van der Waals surface area contributed by atoms with Crippen LogP contribution in [0.4, 0.5) is 0 Å². The van der Waals surface area contributed by atoms with Crippen LogP contribution in [-0.2, 0) is 11.3 Å². The quantitative estimate of drug-likeness (QED) is 0.919. The van der Waals surface area contributed by atoms with E-state index in [2.05, 4.69) is 26.2 Å². The lowest BCUT2D eigenvalue weighted by Gasteiger charge is -2.06. The van der Waals surface area contributed by atoms with Crippen molar-refractivity contribution in [3.05, 3.63) is 14.5 Å². The SMILES string of the molecule is CNCc1nc(Br)sc1C1CCOC1. The molecule has 1 saturated heterocycles. The Balaban J connectivity index is 2.21. The van der Waals surface area contributed by atoms with Crippen LogP contribution in [0.2, 0.25) is 0 Å². The van der Waals surface area contributed by atoms with Crippen molar-refractivity contribution in [2.45, 2.75) is 18.9 Å². The highest BCUT2D eigenvalue weighted by atomic mass is 79.9. The second-order valence-electron chi connectivity index (χ2n) is 3.37. The first-order chi connectivity index (χ1) is 6.81. The molecule has 1 unspecified atom stereocenters. The summed E-state index contributed by atoms with van der Waals surface area (Å²) < 4.78 is 6.37. The minimum atomic E-state index is 0.558. The fourth-order valence-electron chi connectivity index (χ4n) is 1.69. The molecular weight excluding hydrogens is 264 g/mol. The number of nitrogens with one attached hydrogen (secondary N) is 1. The summed E-state index contributed by atoms with van der Waals surface area (Å²) in [6, 6.07) is 0. The van der Waals surface area contributed by atoms with E-state index in [-0.39, 0.29) is 0 Å². The van der Waals surface area contributed by atoms with Crippen LogP contribution in [0.15, 0.2) is 3.92 Å². The van der Waals surface area contributed by atoms with E-state index in [4.69, 9.17) is 4.74 Å². The summed E-state index contributed by atoms with van der Waals surface area (Å²) in [4.78, 5) is 5.84. The third kappa shape index (κ3) is 2.16. The molecular formula is C9H13BrN2OS.